The number of carbonyl (C=O) groups is 1. The van der Waals surface area contributed by atoms with Crippen LogP contribution in [0.25, 0.3) is 0 Å². The Morgan fingerprint density at radius 1 is 0.931 bits per heavy atom. The molecule has 3 heterocycles. The van der Waals surface area contributed by atoms with Gasteiger partial charge in [0.2, 0.25) is 5.95 Å². The lowest BCUT2D eigenvalue weighted by Gasteiger charge is -2.35. The smallest absolute Gasteiger partial charge is 0.251 e. The van der Waals surface area contributed by atoms with Gasteiger partial charge in [0.1, 0.15) is 5.82 Å². The van der Waals surface area contributed by atoms with Crippen molar-refractivity contribution >= 4 is 17.7 Å². The van der Waals surface area contributed by atoms with E-state index < -0.39 is 0 Å². The molecule has 0 aliphatic carbocycles. The zero-order valence-corrected chi connectivity index (χ0v) is 16.5. The summed E-state index contributed by atoms with van der Waals surface area (Å²) in [7, 11) is 0. The number of nitrogens with one attached hydrogen (secondary N) is 1. The van der Waals surface area contributed by atoms with Gasteiger partial charge in [-0.1, -0.05) is 24.3 Å². The second-order valence-electron chi connectivity index (χ2n) is 7.03. The molecule has 1 aromatic carbocycles. The molecule has 0 saturated carbocycles. The molecule has 7 heteroatoms. The molecule has 1 saturated heterocycles. The number of nitrogens with zero attached hydrogens (tertiary/aromatic N) is 5. The van der Waals surface area contributed by atoms with E-state index in [9.17, 15) is 4.79 Å². The van der Waals surface area contributed by atoms with E-state index in [2.05, 4.69) is 30.1 Å². The number of aromatic nitrogens is 3. The SMILES string of the molecule is Cc1ccccc1CNC(=O)c1ccnc(N2CCN(c3ncccn3)CC2)c1. The number of amides is 1. The first-order valence-electron chi connectivity index (χ1n) is 9.76. The second-order valence-corrected chi connectivity index (χ2v) is 7.03. The average Bonchev–Trinajstić information content (AvgIpc) is 2.79. The van der Waals surface area contributed by atoms with E-state index in [1.54, 1.807) is 24.7 Å². The summed E-state index contributed by atoms with van der Waals surface area (Å²) < 4.78 is 0. The molecule has 1 aliphatic rings. The van der Waals surface area contributed by atoms with Crippen molar-refractivity contribution in [2.75, 3.05) is 36.0 Å². The minimum Gasteiger partial charge on any atom is -0.353 e. The molecular formula is C22H24N6O. The molecule has 1 aliphatic heterocycles. The number of pyridine rings is 1. The number of piperazine rings is 1. The summed E-state index contributed by atoms with van der Waals surface area (Å²) in [5.41, 5.74) is 2.91. The molecule has 2 aromatic heterocycles. The van der Waals surface area contributed by atoms with Crippen molar-refractivity contribution in [3.8, 4) is 0 Å². The van der Waals surface area contributed by atoms with Crippen molar-refractivity contribution in [2.24, 2.45) is 0 Å². The molecule has 0 atom stereocenters. The second kappa shape index (κ2) is 8.68. The summed E-state index contributed by atoms with van der Waals surface area (Å²) in [5, 5.41) is 3.00. The fourth-order valence-electron chi connectivity index (χ4n) is 3.41. The Hall–Kier alpha value is -3.48. The number of anilines is 2. The van der Waals surface area contributed by atoms with Crippen molar-refractivity contribution in [3.05, 3.63) is 77.7 Å². The van der Waals surface area contributed by atoms with E-state index >= 15 is 0 Å². The van der Waals surface area contributed by atoms with Gasteiger partial charge >= 0.3 is 0 Å². The van der Waals surface area contributed by atoms with Crippen LogP contribution in [-0.4, -0.2) is 47.0 Å². The predicted molar refractivity (Wildman–Crippen MR) is 113 cm³/mol. The van der Waals surface area contributed by atoms with Gasteiger partial charge in [0.05, 0.1) is 0 Å². The van der Waals surface area contributed by atoms with Gasteiger partial charge in [-0.3, -0.25) is 4.79 Å². The number of aryl methyl sites for hydroxylation is 1. The maximum Gasteiger partial charge on any atom is 0.251 e. The van der Waals surface area contributed by atoms with Gasteiger partial charge in [0.25, 0.3) is 5.91 Å². The van der Waals surface area contributed by atoms with Crippen molar-refractivity contribution in [1.82, 2.24) is 20.3 Å². The third-order valence-electron chi connectivity index (χ3n) is 5.15. The van der Waals surface area contributed by atoms with Crippen molar-refractivity contribution < 1.29 is 4.79 Å². The highest BCUT2D eigenvalue weighted by atomic mass is 16.1. The fourth-order valence-corrected chi connectivity index (χ4v) is 3.41. The van der Waals surface area contributed by atoms with Crippen LogP contribution in [0, 0.1) is 6.92 Å². The summed E-state index contributed by atoms with van der Waals surface area (Å²) in [5.74, 6) is 1.49. The monoisotopic (exact) mass is 388 g/mol. The van der Waals surface area contributed by atoms with Crippen LogP contribution in [0.2, 0.25) is 0 Å². The number of carbonyl (C=O) groups excluding carboxylic acids is 1. The lowest BCUT2D eigenvalue weighted by molar-refractivity contribution is 0.0951. The first kappa shape index (κ1) is 18.9. The van der Waals surface area contributed by atoms with Crippen molar-refractivity contribution in [2.45, 2.75) is 13.5 Å². The van der Waals surface area contributed by atoms with Crippen LogP contribution in [0.4, 0.5) is 11.8 Å². The lowest BCUT2D eigenvalue weighted by Crippen LogP contribution is -2.47. The maximum atomic E-state index is 12.6. The average molecular weight is 388 g/mol. The van der Waals surface area contributed by atoms with Crippen molar-refractivity contribution in [3.63, 3.8) is 0 Å². The molecule has 1 fully saturated rings. The molecule has 0 radical (unpaired) electrons. The Morgan fingerprint density at radius 3 is 2.41 bits per heavy atom. The highest BCUT2D eigenvalue weighted by Crippen LogP contribution is 2.17. The van der Waals surface area contributed by atoms with Crippen LogP contribution < -0.4 is 15.1 Å². The van der Waals surface area contributed by atoms with E-state index in [4.69, 9.17) is 0 Å². The fraction of sp³-hybridized carbons (Fsp3) is 0.273. The number of hydrogen-bond acceptors (Lipinski definition) is 6. The minimum absolute atomic E-state index is 0.0896. The number of rotatable bonds is 5. The summed E-state index contributed by atoms with van der Waals surface area (Å²) in [6.45, 7) is 5.80. The molecule has 148 valence electrons. The van der Waals surface area contributed by atoms with Crippen LogP contribution in [0.15, 0.2) is 61.1 Å². The molecule has 4 rings (SSSR count). The standard InChI is InChI=1S/C22H24N6O/c1-17-5-2-3-6-19(17)16-26-21(29)18-7-10-23-20(15-18)27-11-13-28(14-12-27)22-24-8-4-9-25-22/h2-10,15H,11-14,16H2,1H3,(H,26,29). The molecule has 1 N–H and O–H groups in total. The van der Waals surface area contributed by atoms with Gasteiger partial charge in [-0.15, -0.1) is 0 Å². The molecule has 1 amide bonds. The Morgan fingerprint density at radius 2 is 1.66 bits per heavy atom. The lowest BCUT2D eigenvalue weighted by atomic mass is 10.1. The van der Waals surface area contributed by atoms with Crippen LogP contribution in [0.5, 0.6) is 0 Å². The largest absolute Gasteiger partial charge is 0.353 e. The van der Waals surface area contributed by atoms with Gasteiger partial charge < -0.3 is 15.1 Å². The molecule has 29 heavy (non-hydrogen) atoms. The Balaban J connectivity index is 1.37. The van der Waals surface area contributed by atoms with Gasteiger partial charge in [-0.05, 0) is 36.2 Å². The minimum atomic E-state index is -0.0896. The molecule has 0 spiro atoms. The molecule has 0 bridgehead atoms. The molecule has 7 nitrogen and oxygen atoms in total. The molecular weight excluding hydrogens is 364 g/mol. The number of benzene rings is 1. The van der Waals surface area contributed by atoms with Gasteiger partial charge in [-0.25, -0.2) is 15.0 Å². The first-order chi connectivity index (χ1) is 14.2. The van der Waals surface area contributed by atoms with E-state index in [0.29, 0.717) is 12.1 Å². The Bertz CT molecular complexity index is 970. The van der Waals surface area contributed by atoms with Gasteiger partial charge in [-0.2, -0.15) is 0 Å². The van der Waals surface area contributed by atoms with E-state index in [1.807, 2.05) is 43.3 Å². The third-order valence-corrected chi connectivity index (χ3v) is 5.15. The van der Waals surface area contributed by atoms with Crippen molar-refractivity contribution in [1.29, 1.82) is 0 Å². The highest BCUT2D eigenvalue weighted by Gasteiger charge is 2.20. The van der Waals surface area contributed by atoms with E-state index in [-0.39, 0.29) is 5.91 Å². The number of hydrogen-bond donors (Lipinski definition) is 1. The zero-order chi connectivity index (χ0) is 20.1. The Labute approximate surface area is 170 Å². The summed E-state index contributed by atoms with van der Waals surface area (Å²) in [6.07, 6.45) is 5.22. The van der Waals surface area contributed by atoms with E-state index in [1.165, 1.54) is 5.56 Å². The van der Waals surface area contributed by atoms with Gasteiger partial charge in [0.15, 0.2) is 0 Å². The maximum absolute atomic E-state index is 12.6. The summed E-state index contributed by atoms with van der Waals surface area (Å²) in [6, 6.07) is 13.5. The molecule has 0 unspecified atom stereocenters. The van der Waals surface area contributed by atoms with E-state index in [0.717, 1.165) is 43.5 Å². The van der Waals surface area contributed by atoms with Crippen LogP contribution in [-0.2, 0) is 6.54 Å². The summed E-state index contributed by atoms with van der Waals surface area (Å²) >= 11 is 0. The van der Waals surface area contributed by atoms with Crippen LogP contribution in [0.3, 0.4) is 0 Å². The van der Waals surface area contributed by atoms with Gasteiger partial charge in [0, 0.05) is 56.9 Å². The van der Waals surface area contributed by atoms with Crippen LogP contribution in [0.1, 0.15) is 21.5 Å². The normalized spacial score (nSPS) is 14.0. The highest BCUT2D eigenvalue weighted by molar-refractivity contribution is 5.94. The van der Waals surface area contributed by atoms with Crippen LogP contribution >= 0.6 is 0 Å². The predicted octanol–water partition coefficient (Wildman–Crippen LogP) is 2.44. The zero-order valence-electron chi connectivity index (χ0n) is 16.5. The summed E-state index contributed by atoms with van der Waals surface area (Å²) in [4.78, 5) is 30.1. The molecule has 3 aromatic rings. The quantitative estimate of drug-likeness (QED) is 0.724. The first-order valence-corrected chi connectivity index (χ1v) is 9.76. The Kier molecular flexibility index (Phi) is 5.65. The third kappa shape index (κ3) is 4.51. The topological polar surface area (TPSA) is 74.2 Å².